The summed E-state index contributed by atoms with van der Waals surface area (Å²) in [5, 5.41) is 0.434. The molecule has 31 heavy (non-hydrogen) atoms. The summed E-state index contributed by atoms with van der Waals surface area (Å²) in [6.45, 7) is 1.34. The first-order valence-corrected chi connectivity index (χ1v) is 11.8. The molecule has 0 unspecified atom stereocenters. The van der Waals surface area contributed by atoms with Crippen molar-refractivity contribution in [2.75, 3.05) is 7.11 Å². The highest BCUT2D eigenvalue weighted by molar-refractivity contribution is 7.81. The number of hydrogen-bond donors (Lipinski definition) is 2. The quantitative estimate of drug-likeness (QED) is 0.368. The van der Waals surface area contributed by atoms with E-state index in [1.54, 1.807) is 0 Å². The molecule has 0 aliphatic carbocycles. The Morgan fingerprint density at radius 2 is 1.61 bits per heavy atom. The van der Waals surface area contributed by atoms with Crippen LogP contribution in [-0.2, 0) is 54.6 Å². The van der Waals surface area contributed by atoms with Gasteiger partial charge in [-0.05, 0) is 24.6 Å². The Labute approximate surface area is 188 Å². The van der Waals surface area contributed by atoms with Gasteiger partial charge in [0.15, 0.2) is 24.6 Å². The van der Waals surface area contributed by atoms with Crippen LogP contribution in [-0.4, -0.2) is 69.7 Å². The van der Waals surface area contributed by atoms with Gasteiger partial charge in [0.25, 0.3) is 0 Å². The molecule has 1 heterocycles. The molecule has 1 aromatic rings. The first-order chi connectivity index (χ1) is 14.2. The van der Waals surface area contributed by atoms with Gasteiger partial charge in [0.1, 0.15) is 0 Å². The van der Waals surface area contributed by atoms with Crippen LogP contribution in [0.5, 0.6) is 0 Å². The number of halogens is 2. The molecule has 1 aliphatic rings. The third-order valence-corrected chi connectivity index (χ3v) is 5.69. The highest BCUT2D eigenvalue weighted by atomic mass is 35.5. The average Bonchev–Trinajstić information content (AvgIpc) is 2.61. The van der Waals surface area contributed by atoms with Gasteiger partial charge in [-0.1, -0.05) is 29.3 Å². The second-order valence-corrected chi connectivity index (χ2v) is 9.21. The van der Waals surface area contributed by atoms with Crippen molar-refractivity contribution in [2.24, 2.45) is 0 Å². The Kier molecular flexibility index (Phi) is 8.66. The minimum atomic E-state index is -5.20. The SMILES string of the molecule is CO[C@@H]1O[C@@H](C)[C@H](OC(=O)Cc2ccc(Cl)c(Cl)c2)[C@@H](OS(=O)(=O)O)[C@H]1OS(=O)(=O)O. The Hall–Kier alpha value is -1.07. The van der Waals surface area contributed by atoms with E-state index in [1.165, 1.54) is 25.1 Å². The zero-order valence-electron chi connectivity index (χ0n) is 15.9. The molecule has 12 nitrogen and oxygen atoms in total. The molecule has 2 rings (SSSR count). The molecule has 0 spiro atoms. The summed E-state index contributed by atoms with van der Waals surface area (Å²) in [6, 6.07) is 4.35. The van der Waals surface area contributed by atoms with Crippen molar-refractivity contribution >= 4 is 50.0 Å². The first kappa shape index (κ1) is 26.2. The predicted molar refractivity (Wildman–Crippen MR) is 104 cm³/mol. The first-order valence-electron chi connectivity index (χ1n) is 8.33. The number of methoxy groups -OCH3 is 1. The van der Waals surface area contributed by atoms with Crippen LogP contribution in [0.3, 0.4) is 0 Å². The van der Waals surface area contributed by atoms with Gasteiger partial charge in [0.2, 0.25) is 0 Å². The summed E-state index contributed by atoms with van der Waals surface area (Å²) >= 11 is 11.7. The van der Waals surface area contributed by atoms with E-state index in [0.29, 0.717) is 5.56 Å². The molecule has 1 aromatic carbocycles. The Bertz CT molecular complexity index is 1010. The minimum absolute atomic E-state index is 0.179. The molecule has 5 atom stereocenters. The van der Waals surface area contributed by atoms with Gasteiger partial charge in [0.05, 0.1) is 22.6 Å². The summed E-state index contributed by atoms with van der Waals surface area (Å²) in [5.41, 5.74) is 0.400. The fourth-order valence-electron chi connectivity index (χ4n) is 2.83. The maximum Gasteiger partial charge on any atom is 0.397 e. The van der Waals surface area contributed by atoms with Crippen molar-refractivity contribution in [1.82, 2.24) is 0 Å². The molecule has 1 fully saturated rings. The van der Waals surface area contributed by atoms with Crippen molar-refractivity contribution in [1.29, 1.82) is 0 Å². The molecular weight excluding hydrogens is 507 g/mol. The Morgan fingerprint density at radius 1 is 1.03 bits per heavy atom. The van der Waals surface area contributed by atoms with Crippen LogP contribution in [0.1, 0.15) is 12.5 Å². The summed E-state index contributed by atoms with van der Waals surface area (Å²) in [4.78, 5) is 12.4. The van der Waals surface area contributed by atoms with Crippen LogP contribution in [0.4, 0.5) is 0 Å². The van der Waals surface area contributed by atoms with Crippen molar-refractivity contribution in [3.8, 4) is 0 Å². The molecular formula is C15H18Cl2O12S2. The smallest absolute Gasteiger partial charge is 0.397 e. The molecule has 0 aromatic heterocycles. The second-order valence-electron chi connectivity index (χ2n) is 6.30. The summed E-state index contributed by atoms with van der Waals surface area (Å²) < 4.78 is 87.5. The molecule has 2 N–H and O–H groups in total. The van der Waals surface area contributed by atoms with E-state index in [2.05, 4.69) is 8.37 Å². The largest absolute Gasteiger partial charge is 0.456 e. The zero-order chi connectivity index (χ0) is 23.6. The number of carbonyl (C=O) groups is 1. The topological polar surface area (TPSA) is 172 Å². The molecule has 0 saturated carbocycles. The minimum Gasteiger partial charge on any atom is -0.456 e. The van der Waals surface area contributed by atoms with Gasteiger partial charge in [-0.3, -0.25) is 13.9 Å². The van der Waals surface area contributed by atoms with Crippen molar-refractivity contribution in [3.63, 3.8) is 0 Å². The van der Waals surface area contributed by atoms with Crippen LogP contribution in [0.2, 0.25) is 10.0 Å². The normalized spacial score (nSPS) is 27.1. The molecule has 0 radical (unpaired) electrons. The highest BCUT2D eigenvalue weighted by Gasteiger charge is 2.52. The van der Waals surface area contributed by atoms with Gasteiger partial charge in [-0.15, -0.1) is 0 Å². The van der Waals surface area contributed by atoms with Gasteiger partial charge in [-0.25, -0.2) is 8.37 Å². The number of rotatable bonds is 8. The van der Waals surface area contributed by atoms with Crippen LogP contribution < -0.4 is 0 Å². The number of esters is 1. The third-order valence-electron chi connectivity index (χ3n) is 4.03. The van der Waals surface area contributed by atoms with E-state index in [-0.39, 0.29) is 16.5 Å². The van der Waals surface area contributed by atoms with Crippen LogP contribution in [0, 0.1) is 0 Å². The predicted octanol–water partition coefficient (Wildman–Crippen LogP) is 1.21. The van der Waals surface area contributed by atoms with Crippen molar-refractivity contribution in [2.45, 2.75) is 44.1 Å². The van der Waals surface area contributed by atoms with Gasteiger partial charge in [0, 0.05) is 7.11 Å². The maximum absolute atomic E-state index is 12.4. The van der Waals surface area contributed by atoms with E-state index >= 15 is 0 Å². The number of carbonyl (C=O) groups excluding carboxylic acids is 1. The highest BCUT2D eigenvalue weighted by Crippen LogP contribution is 2.31. The number of benzene rings is 1. The molecule has 16 heteroatoms. The fraction of sp³-hybridized carbons (Fsp3) is 0.533. The molecule has 176 valence electrons. The molecule has 1 aliphatic heterocycles. The zero-order valence-corrected chi connectivity index (χ0v) is 19.0. The van der Waals surface area contributed by atoms with E-state index in [0.717, 1.165) is 7.11 Å². The molecule has 0 amide bonds. The summed E-state index contributed by atoms with van der Waals surface area (Å²) in [6.07, 6.45) is -8.57. The van der Waals surface area contributed by atoms with Crippen LogP contribution >= 0.6 is 23.2 Å². The maximum atomic E-state index is 12.4. The standard InChI is InChI=1S/C15H18Cl2O12S2/c1-7-12(27-11(18)6-8-3-4-9(16)10(17)5-8)13(28-30(19,20)21)14(15(25-2)26-7)29-31(22,23)24/h3-5,7,12-15H,6H2,1-2H3,(H,19,20,21)(H,22,23,24)/t7-,12-,13+,14+,15+/m0/s1. The van der Waals surface area contributed by atoms with Crippen LogP contribution in [0.25, 0.3) is 0 Å². The third kappa shape index (κ3) is 7.78. The lowest BCUT2D eigenvalue weighted by Gasteiger charge is -2.42. The van der Waals surface area contributed by atoms with Gasteiger partial charge in [-0.2, -0.15) is 16.8 Å². The lowest BCUT2D eigenvalue weighted by atomic mass is 9.99. The summed E-state index contributed by atoms with van der Waals surface area (Å²) in [5.74, 6) is -0.913. The lowest BCUT2D eigenvalue weighted by molar-refractivity contribution is -0.279. The van der Waals surface area contributed by atoms with E-state index in [1.807, 2.05) is 0 Å². The van der Waals surface area contributed by atoms with Gasteiger partial charge >= 0.3 is 26.8 Å². The Balaban J connectivity index is 2.31. The Morgan fingerprint density at radius 3 is 2.13 bits per heavy atom. The second kappa shape index (κ2) is 10.2. The van der Waals surface area contributed by atoms with Crippen LogP contribution in [0.15, 0.2) is 18.2 Å². The monoisotopic (exact) mass is 524 g/mol. The molecule has 1 saturated heterocycles. The van der Waals surface area contributed by atoms with Crippen molar-refractivity contribution < 1.29 is 53.3 Å². The number of ether oxygens (including phenoxy) is 3. The average molecular weight is 525 g/mol. The lowest BCUT2D eigenvalue weighted by Crippen LogP contribution is -2.61. The summed E-state index contributed by atoms with van der Waals surface area (Å²) in [7, 11) is -9.29. The van der Waals surface area contributed by atoms with Crippen molar-refractivity contribution in [3.05, 3.63) is 33.8 Å². The fourth-order valence-corrected chi connectivity index (χ4v) is 4.13. The number of hydrogen-bond acceptors (Lipinski definition) is 10. The molecule has 0 bridgehead atoms. The van der Waals surface area contributed by atoms with E-state index in [4.69, 9.17) is 46.5 Å². The van der Waals surface area contributed by atoms with Gasteiger partial charge < -0.3 is 14.2 Å². The van der Waals surface area contributed by atoms with E-state index < -0.39 is 57.5 Å². The van der Waals surface area contributed by atoms with E-state index in [9.17, 15) is 21.6 Å².